The lowest BCUT2D eigenvalue weighted by Crippen LogP contribution is -3.00. The van der Waals surface area contributed by atoms with E-state index in [1.807, 2.05) is 18.2 Å². The minimum absolute atomic E-state index is 0. The van der Waals surface area contributed by atoms with Gasteiger partial charge in [0.1, 0.15) is 7.05 Å². The number of phenolic OH excluding ortho intramolecular Hbond substituents is 1. The van der Waals surface area contributed by atoms with Crippen LogP contribution in [0.3, 0.4) is 0 Å². The van der Waals surface area contributed by atoms with Gasteiger partial charge in [-0.3, -0.25) is 0 Å². The highest BCUT2D eigenvalue weighted by atomic mass is 35.5. The Bertz CT molecular complexity index is 828. The fourth-order valence-electron chi connectivity index (χ4n) is 3.31. The first kappa shape index (κ1) is 23.7. The predicted octanol–water partition coefficient (Wildman–Crippen LogP) is -0.525. The minimum Gasteiger partial charge on any atom is -1.00 e. The van der Waals surface area contributed by atoms with E-state index in [1.54, 1.807) is 13.2 Å². The number of fused-ring (bicyclic) bond motifs is 1. The Hall–Kier alpha value is -2.34. The third-order valence-electron chi connectivity index (χ3n) is 4.61. The van der Waals surface area contributed by atoms with Gasteiger partial charge in [0.15, 0.2) is 17.2 Å². The number of para-hydroxylation sites is 2. The fraction of sp³-hybridized carbons (Fsp3) is 0.250. The normalized spacial score (nSPS) is 14.2. The van der Waals surface area contributed by atoms with Gasteiger partial charge >= 0.3 is 0 Å². The van der Waals surface area contributed by atoms with Crippen molar-refractivity contribution in [1.82, 2.24) is 0 Å². The van der Waals surface area contributed by atoms with Crippen LogP contribution in [0.4, 0.5) is 5.69 Å². The molecule has 2 aromatic carbocycles. The number of benzene rings is 2. The van der Waals surface area contributed by atoms with Gasteiger partial charge in [0, 0.05) is 23.3 Å². The number of nitrogens with zero attached hydrogens (tertiary/aromatic N) is 1. The van der Waals surface area contributed by atoms with Gasteiger partial charge in [0.25, 0.3) is 0 Å². The van der Waals surface area contributed by atoms with Crippen LogP contribution >= 0.6 is 0 Å². The van der Waals surface area contributed by atoms with Crippen LogP contribution in [-0.2, 0) is 5.41 Å². The van der Waals surface area contributed by atoms with E-state index < -0.39 is 0 Å². The standard InChI is InChI=1S/C20H21NO2.ClH.2H2O/c1-20(2)15-9-5-6-10-16(15)21(3)18(20)13-12-14-8-7-11-17(23-4)19(14)22;;;/h5-13H,1-4H3;1H;2*1H2. The lowest BCUT2D eigenvalue weighted by Gasteiger charge is -2.15. The summed E-state index contributed by atoms with van der Waals surface area (Å²) in [7, 11) is 3.64. The summed E-state index contributed by atoms with van der Waals surface area (Å²) in [5, 5.41) is 10.2. The number of rotatable bonds is 3. The van der Waals surface area contributed by atoms with E-state index in [2.05, 4.69) is 55.8 Å². The molecule has 6 heteroatoms. The molecule has 0 aliphatic carbocycles. The average Bonchev–Trinajstić information content (AvgIpc) is 2.74. The van der Waals surface area contributed by atoms with Gasteiger partial charge in [0.2, 0.25) is 5.69 Å². The van der Waals surface area contributed by atoms with Gasteiger partial charge in [-0.2, -0.15) is 4.58 Å². The van der Waals surface area contributed by atoms with Crippen molar-refractivity contribution < 1.29 is 37.8 Å². The van der Waals surface area contributed by atoms with Crippen LogP contribution in [0.5, 0.6) is 11.5 Å². The first-order valence-corrected chi connectivity index (χ1v) is 7.71. The molecule has 0 unspecified atom stereocenters. The minimum atomic E-state index is -0.0731. The summed E-state index contributed by atoms with van der Waals surface area (Å²) in [6.45, 7) is 4.45. The number of allylic oxidation sites excluding steroid dienone is 1. The maximum Gasteiger partial charge on any atom is 0.209 e. The van der Waals surface area contributed by atoms with Crippen LogP contribution in [0.2, 0.25) is 0 Å². The van der Waals surface area contributed by atoms with Gasteiger partial charge in [-0.25, -0.2) is 0 Å². The Morgan fingerprint density at radius 1 is 1.00 bits per heavy atom. The zero-order chi connectivity index (χ0) is 16.6. The molecule has 1 aliphatic rings. The smallest absolute Gasteiger partial charge is 0.209 e. The molecule has 5 nitrogen and oxygen atoms in total. The highest BCUT2D eigenvalue weighted by Crippen LogP contribution is 2.39. The van der Waals surface area contributed by atoms with Crippen molar-refractivity contribution in [3.8, 4) is 11.5 Å². The van der Waals surface area contributed by atoms with Crippen molar-refractivity contribution in [3.63, 3.8) is 0 Å². The zero-order valence-electron chi connectivity index (χ0n) is 15.4. The van der Waals surface area contributed by atoms with Crippen molar-refractivity contribution in [2.24, 2.45) is 0 Å². The average molecular weight is 380 g/mol. The van der Waals surface area contributed by atoms with Crippen LogP contribution in [0, 0.1) is 0 Å². The van der Waals surface area contributed by atoms with E-state index in [-0.39, 0.29) is 34.5 Å². The Balaban J connectivity index is 0.00000208. The molecule has 0 saturated heterocycles. The molecule has 1 heterocycles. The second-order valence-corrected chi connectivity index (χ2v) is 6.32. The number of halogens is 1. The Morgan fingerprint density at radius 3 is 2.27 bits per heavy atom. The maximum atomic E-state index is 10.2. The monoisotopic (exact) mass is 379 g/mol. The number of aromatic hydroxyl groups is 1. The van der Waals surface area contributed by atoms with Crippen molar-refractivity contribution in [2.45, 2.75) is 19.3 Å². The highest BCUT2D eigenvalue weighted by Gasteiger charge is 2.42. The van der Waals surface area contributed by atoms with Crippen LogP contribution < -0.4 is 17.1 Å². The van der Waals surface area contributed by atoms with Gasteiger partial charge in [-0.1, -0.05) is 30.3 Å². The van der Waals surface area contributed by atoms with Gasteiger partial charge in [0.05, 0.1) is 12.5 Å². The second-order valence-electron chi connectivity index (χ2n) is 6.32. The highest BCUT2D eigenvalue weighted by molar-refractivity contribution is 6.05. The topological polar surface area (TPSA) is 95.5 Å². The Kier molecular flexibility index (Phi) is 8.05. The maximum absolute atomic E-state index is 10.2. The van der Waals surface area contributed by atoms with E-state index in [0.29, 0.717) is 5.75 Å². The SMILES string of the molecule is COc1cccc(/C=C/C2=[N+](C)c3ccccc3C2(C)C)c1O.O.O.[Cl-]. The van der Waals surface area contributed by atoms with Gasteiger partial charge < -0.3 is 33.2 Å². The van der Waals surface area contributed by atoms with E-state index in [0.717, 1.165) is 5.56 Å². The van der Waals surface area contributed by atoms with Crippen LogP contribution in [0.15, 0.2) is 48.5 Å². The van der Waals surface area contributed by atoms with Crippen LogP contribution in [0.1, 0.15) is 25.0 Å². The second kappa shape index (κ2) is 8.85. The summed E-state index contributed by atoms with van der Waals surface area (Å²) in [5.41, 5.74) is 4.41. The van der Waals surface area contributed by atoms with Gasteiger partial charge in [-0.05, 0) is 26.0 Å². The third-order valence-corrected chi connectivity index (χ3v) is 4.61. The first-order valence-electron chi connectivity index (χ1n) is 7.71. The van der Waals surface area contributed by atoms with E-state index in [4.69, 9.17) is 4.74 Å². The van der Waals surface area contributed by atoms with Crippen LogP contribution in [-0.4, -0.2) is 40.5 Å². The molecule has 0 bridgehead atoms. The van der Waals surface area contributed by atoms with Gasteiger partial charge in [-0.15, -0.1) is 0 Å². The van der Waals surface area contributed by atoms with E-state index in [9.17, 15) is 5.11 Å². The predicted molar refractivity (Wildman–Crippen MR) is 101 cm³/mol. The number of ether oxygens (including phenoxy) is 1. The number of hydrogen-bond donors (Lipinski definition) is 1. The van der Waals surface area contributed by atoms with E-state index >= 15 is 0 Å². The fourth-order valence-corrected chi connectivity index (χ4v) is 3.31. The Morgan fingerprint density at radius 2 is 1.65 bits per heavy atom. The van der Waals surface area contributed by atoms with Crippen molar-refractivity contribution in [2.75, 3.05) is 14.2 Å². The molecule has 0 amide bonds. The lowest BCUT2D eigenvalue weighted by molar-refractivity contribution is -0.401. The molecule has 1 aliphatic heterocycles. The molecular weight excluding hydrogens is 354 g/mol. The molecule has 0 fully saturated rings. The molecule has 0 radical (unpaired) electrons. The molecule has 142 valence electrons. The largest absolute Gasteiger partial charge is 1.00 e. The summed E-state index contributed by atoms with van der Waals surface area (Å²) in [4.78, 5) is 0. The van der Waals surface area contributed by atoms with E-state index in [1.165, 1.54) is 17.0 Å². The van der Waals surface area contributed by atoms with Crippen LogP contribution in [0.25, 0.3) is 6.08 Å². The zero-order valence-corrected chi connectivity index (χ0v) is 16.1. The third kappa shape index (κ3) is 3.75. The number of methoxy groups -OCH3 is 1. The lowest BCUT2D eigenvalue weighted by atomic mass is 9.81. The number of hydrogen-bond acceptors (Lipinski definition) is 2. The summed E-state index contributed by atoms with van der Waals surface area (Å²) < 4.78 is 7.38. The van der Waals surface area contributed by atoms with Crippen molar-refractivity contribution >= 4 is 17.5 Å². The molecule has 0 saturated carbocycles. The van der Waals surface area contributed by atoms with Crippen molar-refractivity contribution in [3.05, 3.63) is 59.7 Å². The summed E-state index contributed by atoms with van der Waals surface area (Å²) in [5.74, 6) is 0.655. The molecule has 0 aromatic heterocycles. The first-order chi connectivity index (χ1) is 11.0. The molecule has 5 N–H and O–H groups in total. The molecule has 26 heavy (non-hydrogen) atoms. The molecule has 0 atom stereocenters. The molecule has 0 spiro atoms. The summed E-state index contributed by atoms with van der Waals surface area (Å²) >= 11 is 0. The Labute approximate surface area is 160 Å². The quantitative estimate of drug-likeness (QED) is 0.726. The van der Waals surface area contributed by atoms with Crippen molar-refractivity contribution in [1.29, 1.82) is 0 Å². The summed E-state index contributed by atoms with van der Waals surface area (Å²) in [6.07, 6.45) is 4.02. The number of phenols is 1. The molecule has 3 rings (SSSR count). The molecule has 2 aromatic rings. The molecular formula is C20H26ClNO4. The summed E-state index contributed by atoms with van der Waals surface area (Å²) in [6, 6.07) is 14.0.